The summed E-state index contributed by atoms with van der Waals surface area (Å²) in [6.45, 7) is 4.76. The van der Waals surface area contributed by atoms with Crippen molar-refractivity contribution in [1.82, 2.24) is 0 Å². The van der Waals surface area contributed by atoms with Crippen LogP contribution >= 0.6 is 0 Å². The third-order valence-electron chi connectivity index (χ3n) is 7.69. The fourth-order valence-corrected chi connectivity index (χ4v) is 6.58. The van der Waals surface area contributed by atoms with E-state index in [0.717, 1.165) is 41.9 Å². The highest BCUT2D eigenvalue weighted by atomic mass is 16.3. The minimum Gasteiger partial charge on any atom is -0.393 e. The van der Waals surface area contributed by atoms with Crippen molar-refractivity contribution in [3.05, 3.63) is 12.2 Å². The Morgan fingerprint density at radius 3 is 2.70 bits per heavy atom. The summed E-state index contributed by atoms with van der Waals surface area (Å²) >= 11 is 0. The van der Waals surface area contributed by atoms with Gasteiger partial charge in [0.1, 0.15) is 0 Å². The number of aliphatic hydroxyl groups is 1. The molecule has 0 radical (unpaired) electrons. The normalized spacial score (nSPS) is 57.9. The van der Waals surface area contributed by atoms with Crippen LogP contribution in [0.25, 0.3) is 0 Å². The fourth-order valence-electron chi connectivity index (χ4n) is 6.58. The van der Waals surface area contributed by atoms with Gasteiger partial charge in [0, 0.05) is 0 Å². The number of fused-ring (bicyclic) bond motifs is 5. The maximum Gasteiger partial charge on any atom is 0.0596 e. The molecule has 0 saturated heterocycles. The second-order valence-corrected chi connectivity index (χ2v) is 8.58. The van der Waals surface area contributed by atoms with Gasteiger partial charge in [0.25, 0.3) is 0 Å². The van der Waals surface area contributed by atoms with Crippen molar-refractivity contribution in [2.75, 3.05) is 0 Å². The van der Waals surface area contributed by atoms with Crippen LogP contribution in [0.5, 0.6) is 0 Å². The molecule has 0 bridgehead atoms. The van der Waals surface area contributed by atoms with Crippen molar-refractivity contribution in [2.24, 2.45) is 40.9 Å². The van der Waals surface area contributed by atoms with E-state index in [-0.39, 0.29) is 11.5 Å². The average Bonchev–Trinajstić information content (AvgIpc) is 2.74. The van der Waals surface area contributed by atoms with E-state index in [0.29, 0.717) is 0 Å². The smallest absolute Gasteiger partial charge is 0.0596 e. The van der Waals surface area contributed by atoms with E-state index in [1.807, 2.05) is 0 Å². The maximum atomic E-state index is 10.4. The van der Waals surface area contributed by atoms with Gasteiger partial charge >= 0.3 is 0 Å². The molecule has 0 aromatic heterocycles. The summed E-state index contributed by atoms with van der Waals surface area (Å²) in [6.07, 6.45) is 14.4. The van der Waals surface area contributed by atoms with Crippen molar-refractivity contribution < 1.29 is 5.11 Å². The molecular weight excluding hydrogens is 244 g/mol. The highest BCUT2D eigenvalue weighted by Gasteiger charge is 2.56. The van der Waals surface area contributed by atoms with Crippen molar-refractivity contribution in [3.63, 3.8) is 0 Å². The highest BCUT2D eigenvalue weighted by molar-refractivity contribution is 5.11. The lowest BCUT2D eigenvalue weighted by molar-refractivity contribution is -0.0680. The molecule has 3 saturated carbocycles. The molecule has 7 unspecified atom stereocenters. The molecule has 0 amide bonds. The van der Waals surface area contributed by atoms with Gasteiger partial charge in [-0.2, -0.15) is 0 Å². The van der Waals surface area contributed by atoms with Crippen LogP contribution in [0, 0.1) is 40.9 Å². The van der Waals surface area contributed by atoms with E-state index in [4.69, 9.17) is 0 Å². The van der Waals surface area contributed by atoms with E-state index < -0.39 is 0 Å². The number of rotatable bonds is 0. The van der Waals surface area contributed by atoms with Gasteiger partial charge in [0.05, 0.1) is 6.10 Å². The molecular formula is C19H30O. The summed E-state index contributed by atoms with van der Waals surface area (Å²) in [4.78, 5) is 0. The van der Waals surface area contributed by atoms with E-state index in [1.54, 1.807) is 0 Å². The second kappa shape index (κ2) is 4.60. The minimum absolute atomic E-state index is 0.0203. The highest BCUT2D eigenvalue weighted by Crippen LogP contribution is 2.61. The van der Waals surface area contributed by atoms with Crippen LogP contribution in [0.15, 0.2) is 12.2 Å². The van der Waals surface area contributed by atoms with Crippen LogP contribution in [-0.4, -0.2) is 11.2 Å². The molecule has 0 aliphatic heterocycles. The Kier molecular flexibility index (Phi) is 3.07. The zero-order valence-corrected chi connectivity index (χ0v) is 13.1. The summed E-state index contributed by atoms with van der Waals surface area (Å²) in [7, 11) is 0. The van der Waals surface area contributed by atoms with E-state index in [1.165, 1.54) is 38.5 Å². The van der Waals surface area contributed by atoms with Crippen LogP contribution in [0.2, 0.25) is 0 Å². The number of aliphatic hydroxyl groups excluding tert-OH is 1. The first-order valence-electron chi connectivity index (χ1n) is 8.96. The SMILES string of the molecule is CC1C=CC2C(CCC3C2CC[C@]2(C)C(O)CCC32)C1. The van der Waals surface area contributed by atoms with Gasteiger partial charge in [-0.3, -0.25) is 0 Å². The topological polar surface area (TPSA) is 20.2 Å². The lowest BCUT2D eigenvalue weighted by atomic mass is 9.51. The van der Waals surface area contributed by atoms with Gasteiger partial charge in [-0.25, -0.2) is 0 Å². The Morgan fingerprint density at radius 2 is 1.85 bits per heavy atom. The summed E-state index contributed by atoms with van der Waals surface area (Å²) in [5.74, 6) is 5.28. The van der Waals surface area contributed by atoms with Gasteiger partial charge in [-0.1, -0.05) is 26.0 Å². The van der Waals surface area contributed by atoms with E-state index in [2.05, 4.69) is 26.0 Å². The standard InChI is InChI=1S/C19H30O/c1-12-3-5-14-13(11-12)4-6-16-15(14)9-10-19(2)17(16)7-8-18(19)20/h3,5,12-18,20H,4,6-11H2,1-2H3/t12?,13?,14?,15?,16?,17?,18?,19-/m0/s1. The van der Waals surface area contributed by atoms with Crippen molar-refractivity contribution in [1.29, 1.82) is 0 Å². The molecule has 3 fully saturated rings. The molecule has 1 nitrogen and oxygen atoms in total. The zero-order chi connectivity index (χ0) is 13.9. The largest absolute Gasteiger partial charge is 0.393 e. The average molecular weight is 274 g/mol. The first-order valence-corrected chi connectivity index (χ1v) is 8.96. The quantitative estimate of drug-likeness (QED) is 0.649. The molecule has 0 aromatic rings. The van der Waals surface area contributed by atoms with Crippen LogP contribution in [0.4, 0.5) is 0 Å². The Balaban J connectivity index is 1.61. The first-order chi connectivity index (χ1) is 9.59. The Bertz CT molecular complexity index is 414. The monoisotopic (exact) mass is 274 g/mol. The third kappa shape index (κ3) is 1.78. The first kappa shape index (κ1) is 13.4. The molecule has 4 aliphatic rings. The molecule has 0 aromatic carbocycles. The Morgan fingerprint density at radius 1 is 1.00 bits per heavy atom. The molecule has 0 spiro atoms. The van der Waals surface area contributed by atoms with Gasteiger partial charge in [0.15, 0.2) is 0 Å². The molecule has 1 heteroatoms. The molecule has 0 heterocycles. The molecule has 112 valence electrons. The van der Waals surface area contributed by atoms with E-state index in [9.17, 15) is 5.11 Å². The van der Waals surface area contributed by atoms with Gasteiger partial charge in [-0.05, 0) is 85.9 Å². The molecule has 8 atom stereocenters. The molecule has 4 aliphatic carbocycles. The minimum atomic E-state index is -0.0203. The van der Waals surface area contributed by atoms with Crippen molar-refractivity contribution >= 4 is 0 Å². The number of allylic oxidation sites excluding steroid dienone is 2. The summed E-state index contributed by atoms with van der Waals surface area (Å²) < 4.78 is 0. The van der Waals surface area contributed by atoms with Crippen LogP contribution < -0.4 is 0 Å². The number of hydrogen-bond donors (Lipinski definition) is 1. The fraction of sp³-hybridized carbons (Fsp3) is 0.895. The summed E-state index contributed by atoms with van der Waals surface area (Å²) in [6, 6.07) is 0. The second-order valence-electron chi connectivity index (χ2n) is 8.58. The van der Waals surface area contributed by atoms with Crippen LogP contribution in [0.3, 0.4) is 0 Å². The van der Waals surface area contributed by atoms with E-state index >= 15 is 0 Å². The lowest BCUT2D eigenvalue weighted by Gasteiger charge is -2.54. The molecule has 20 heavy (non-hydrogen) atoms. The van der Waals surface area contributed by atoms with Crippen molar-refractivity contribution in [3.8, 4) is 0 Å². The van der Waals surface area contributed by atoms with Gasteiger partial charge in [-0.15, -0.1) is 0 Å². The molecule has 1 N–H and O–H groups in total. The summed E-state index contributed by atoms with van der Waals surface area (Å²) in [5, 5.41) is 10.4. The van der Waals surface area contributed by atoms with Gasteiger partial charge in [0.2, 0.25) is 0 Å². The summed E-state index contributed by atoms with van der Waals surface area (Å²) in [5.41, 5.74) is 0.250. The van der Waals surface area contributed by atoms with Gasteiger partial charge < -0.3 is 5.11 Å². The number of hydrogen-bond acceptors (Lipinski definition) is 1. The Hall–Kier alpha value is -0.300. The maximum absolute atomic E-state index is 10.4. The predicted molar refractivity (Wildman–Crippen MR) is 82.2 cm³/mol. The van der Waals surface area contributed by atoms with Crippen molar-refractivity contribution in [2.45, 2.75) is 64.9 Å². The van der Waals surface area contributed by atoms with Crippen LogP contribution in [-0.2, 0) is 0 Å². The third-order valence-corrected chi connectivity index (χ3v) is 7.69. The zero-order valence-electron chi connectivity index (χ0n) is 13.1. The lowest BCUT2D eigenvalue weighted by Crippen LogP contribution is -2.48. The Labute approximate surface area is 123 Å². The molecule has 4 rings (SSSR count). The van der Waals surface area contributed by atoms with Crippen LogP contribution in [0.1, 0.15) is 58.8 Å². The predicted octanol–water partition coefficient (Wildman–Crippen LogP) is 4.41.